The van der Waals surface area contributed by atoms with E-state index in [1.165, 1.54) is 0 Å². The number of hydrogen-bond donors (Lipinski definition) is 2. The Morgan fingerprint density at radius 1 is 1.46 bits per heavy atom. The molecule has 0 saturated carbocycles. The molecule has 0 unspecified atom stereocenters. The molecule has 6 heteroatoms. The minimum Gasteiger partial charge on any atom is -0.271 e. The van der Waals surface area contributed by atoms with E-state index in [1.54, 1.807) is 12.1 Å². The van der Waals surface area contributed by atoms with Crippen molar-refractivity contribution in [2.45, 2.75) is 6.92 Å². The van der Waals surface area contributed by atoms with Crippen molar-refractivity contribution in [3.63, 3.8) is 0 Å². The highest BCUT2D eigenvalue weighted by atomic mass is 127. The van der Waals surface area contributed by atoms with Gasteiger partial charge < -0.3 is 0 Å². The third-order valence-corrected chi connectivity index (χ3v) is 3.11. The summed E-state index contributed by atoms with van der Waals surface area (Å²) in [5.41, 5.74) is 1.58. The molecule has 0 amide bonds. The number of hydrogen-bond acceptors (Lipinski definition) is 2. The molecule has 0 aliphatic carbocycles. The number of halogens is 1. The van der Waals surface area contributed by atoms with Crippen molar-refractivity contribution in [1.82, 2.24) is 0 Å². The minimum atomic E-state index is -3.66. The van der Waals surface area contributed by atoms with Crippen LogP contribution in [0.1, 0.15) is 5.56 Å². The summed E-state index contributed by atoms with van der Waals surface area (Å²) in [5.74, 6) is 0. The van der Waals surface area contributed by atoms with Crippen LogP contribution < -0.4 is 9.86 Å². The van der Waals surface area contributed by atoms with Crippen LogP contribution in [0.25, 0.3) is 0 Å². The first-order valence-electron chi connectivity index (χ1n) is 3.45. The second kappa shape index (κ2) is 3.81. The van der Waals surface area contributed by atoms with Gasteiger partial charge in [-0.2, -0.15) is 8.42 Å². The maximum atomic E-state index is 10.7. The van der Waals surface area contributed by atoms with E-state index < -0.39 is 10.2 Å². The number of anilines is 1. The molecule has 0 spiro atoms. The summed E-state index contributed by atoms with van der Waals surface area (Å²) in [5, 5.41) is 4.81. The SMILES string of the molecule is Cc1ccc(NS(N)(=O)=O)cc1I. The van der Waals surface area contributed by atoms with Gasteiger partial charge in [-0.1, -0.05) is 6.07 Å². The Morgan fingerprint density at radius 2 is 2.08 bits per heavy atom. The van der Waals surface area contributed by atoms with Gasteiger partial charge in [0.05, 0.1) is 5.69 Å². The predicted octanol–water partition coefficient (Wildman–Crippen LogP) is 1.22. The topological polar surface area (TPSA) is 72.2 Å². The lowest BCUT2D eigenvalue weighted by Gasteiger charge is -2.04. The van der Waals surface area contributed by atoms with E-state index in [0.717, 1.165) is 9.13 Å². The zero-order valence-electron chi connectivity index (χ0n) is 6.91. The maximum absolute atomic E-state index is 10.7. The standard InChI is InChI=1S/C7H9IN2O2S/c1-5-2-3-6(4-7(5)8)10-13(9,11)12/h2-4,10H,1H3,(H2,9,11,12). The van der Waals surface area contributed by atoms with Crippen molar-refractivity contribution in [2.24, 2.45) is 5.14 Å². The van der Waals surface area contributed by atoms with Gasteiger partial charge in [-0.15, -0.1) is 0 Å². The van der Waals surface area contributed by atoms with Gasteiger partial charge in [-0.25, -0.2) is 5.14 Å². The Morgan fingerprint density at radius 3 is 2.54 bits per heavy atom. The summed E-state index contributed by atoms with van der Waals surface area (Å²) in [6.45, 7) is 1.95. The van der Waals surface area contributed by atoms with Crippen molar-refractivity contribution in [2.75, 3.05) is 4.72 Å². The van der Waals surface area contributed by atoms with Crippen molar-refractivity contribution in [1.29, 1.82) is 0 Å². The van der Waals surface area contributed by atoms with E-state index in [9.17, 15) is 8.42 Å². The van der Waals surface area contributed by atoms with Crippen LogP contribution in [0, 0.1) is 10.5 Å². The molecule has 1 aromatic carbocycles. The van der Waals surface area contributed by atoms with Crippen LogP contribution in [-0.4, -0.2) is 8.42 Å². The molecule has 0 bridgehead atoms. The van der Waals surface area contributed by atoms with Gasteiger partial charge in [0.25, 0.3) is 10.2 Å². The highest BCUT2D eigenvalue weighted by Gasteiger charge is 2.02. The molecule has 0 fully saturated rings. The summed E-state index contributed by atoms with van der Waals surface area (Å²) in [4.78, 5) is 0. The zero-order chi connectivity index (χ0) is 10.1. The van der Waals surface area contributed by atoms with Crippen LogP contribution in [-0.2, 0) is 10.2 Å². The first-order valence-corrected chi connectivity index (χ1v) is 6.08. The lowest BCUT2D eigenvalue weighted by Crippen LogP contribution is -2.21. The van der Waals surface area contributed by atoms with Gasteiger partial charge in [0, 0.05) is 3.57 Å². The fourth-order valence-corrected chi connectivity index (χ4v) is 1.79. The molecular formula is C7H9IN2O2S. The van der Waals surface area contributed by atoms with Crippen LogP contribution >= 0.6 is 22.6 Å². The molecule has 72 valence electrons. The lowest BCUT2D eigenvalue weighted by atomic mass is 10.2. The van der Waals surface area contributed by atoms with E-state index in [-0.39, 0.29) is 0 Å². The Hall–Kier alpha value is -0.340. The normalized spacial score (nSPS) is 11.3. The van der Waals surface area contributed by atoms with E-state index in [0.29, 0.717) is 5.69 Å². The van der Waals surface area contributed by atoms with Crippen LogP contribution in [0.3, 0.4) is 0 Å². The average molecular weight is 312 g/mol. The van der Waals surface area contributed by atoms with Gasteiger partial charge in [-0.3, -0.25) is 4.72 Å². The molecule has 4 nitrogen and oxygen atoms in total. The van der Waals surface area contributed by atoms with Crippen LogP contribution in [0.2, 0.25) is 0 Å². The molecule has 13 heavy (non-hydrogen) atoms. The van der Waals surface area contributed by atoms with Gasteiger partial charge >= 0.3 is 0 Å². The molecule has 1 aromatic rings. The number of rotatable bonds is 2. The molecule has 0 radical (unpaired) electrons. The molecule has 1 rings (SSSR count). The van der Waals surface area contributed by atoms with Gasteiger partial charge in [-0.05, 0) is 47.2 Å². The molecule has 0 aliphatic heterocycles. The summed E-state index contributed by atoms with van der Waals surface area (Å²) in [7, 11) is -3.66. The first-order chi connectivity index (χ1) is 5.88. The van der Waals surface area contributed by atoms with Crippen LogP contribution in [0.15, 0.2) is 18.2 Å². The van der Waals surface area contributed by atoms with Gasteiger partial charge in [0.1, 0.15) is 0 Å². The molecule has 0 aliphatic rings. The third-order valence-electron chi connectivity index (χ3n) is 1.43. The van der Waals surface area contributed by atoms with Crippen molar-refractivity contribution < 1.29 is 8.42 Å². The molecule has 3 N–H and O–H groups in total. The van der Waals surface area contributed by atoms with E-state index in [1.807, 2.05) is 13.0 Å². The summed E-state index contributed by atoms with van der Waals surface area (Å²) in [6.07, 6.45) is 0. The monoisotopic (exact) mass is 312 g/mol. The van der Waals surface area contributed by atoms with Crippen molar-refractivity contribution in [3.05, 3.63) is 27.3 Å². The lowest BCUT2D eigenvalue weighted by molar-refractivity contribution is 0.603. The van der Waals surface area contributed by atoms with E-state index >= 15 is 0 Å². The number of nitrogens with one attached hydrogen (secondary N) is 1. The molecular weight excluding hydrogens is 303 g/mol. The average Bonchev–Trinajstić information content (AvgIpc) is 1.94. The fourth-order valence-electron chi connectivity index (χ4n) is 0.821. The molecule has 0 saturated heterocycles. The zero-order valence-corrected chi connectivity index (χ0v) is 9.89. The van der Waals surface area contributed by atoms with Gasteiger partial charge in [0.15, 0.2) is 0 Å². The fraction of sp³-hybridized carbons (Fsp3) is 0.143. The highest BCUT2D eigenvalue weighted by molar-refractivity contribution is 14.1. The summed E-state index contributed by atoms with van der Waals surface area (Å²) >= 11 is 2.13. The molecule has 0 heterocycles. The van der Waals surface area contributed by atoms with Crippen LogP contribution in [0.4, 0.5) is 5.69 Å². The quantitative estimate of drug-likeness (QED) is 0.806. The number of aryl methyl sites for hydroxylation is 1. The van der Waals surface area contributed by atoms with E-state index in [4.69, 9.17) is 5.14 Å². The smallest absolute Gasteiger partial charge is 0.271 e. The van der Waals surface area contributed by atoms with Crippen molar-refractivity contribution in [3.8, 4) is 0 Å². The number of benzene rings is 1. The highest BCUT2D eigenvalue weighted by Crippen LogP contribution is 2.17. The van der Waals surface area contributed by atoms with Gasteiger partial charge in [0.2, 0.25) is 0 Å². The minimum absolute atomic E-state index is 0.484. The Kier molecular flexibility index (Phi) is 3.14. The Labute approximate surface area is 90.8 Å². The first kappa shape index (κ1) is 10.7. The largest absolute Gasteiger partial charge is 0.296 e. The predicted molar refractivity (Wildman–Crippen MR) is 60.6 cm³/mol. The maximum Gasteiger partial charge on any atom is 0.296 e. The summed E-state index contributed by atoms with van der Waals surface area (Å²) < 4.78 is 24.5. The Balaban J connectivity index is 2.99. The number of nitrogens with two attached hydrogens (primary N) is 1. The van der Waals surface area contributed by atoms with E-state index in [2.05, 4.69) is 27.3 Å². The second-order valence-corrected chi connectivity index (χ2v) is 5.07. The molecule has 0 atom stereocenters. The van der Waals surface area contributed by atoms with Crippen LogP contribution in [0.5, 0.6) is 0 Å². The van der Waals surface area contributed by atoms with Crippen molar-refractivity contribution >= 4 is 38.5 Å². The third kappa shape index (κ3) is 3.49. The second-order valence-electron chi connectivity index (χ2n) is 2.61. The molecule has 0 aromatic heterocycles. The summed E-state index contributed by atoms with van der Waals surface area (Å²) in [6, 6.07) is 5.22. The Bertz CT molecular complexity index is 417.